The minimum absolute atomic E-state index is 0.0556. The maximum absolute atomic E-state index is 11.4. The number of nitrogens with zero attached hydrogens (tertiary/aromatic N) is 3. The largest absolute Gasteiger partial charge is 0.339 e. The van der Waals surface area contributed by atoms with Gasteiger partial charge >= 0.3 is 5.69 Å². The second kappa shape index (κ2) is 5.63. The van der Waals surface area contributed by atoms with Gasteiger partial charge in [-0.05, 0) is 5.92 Å². The van der Waals surface area contributed by atoms with Crippen molar-refractivity contribution in [2.75, 3.05) is 6.61 Å². The van der Waals surface area contributed by atoms with Crippen LogP contribution in [0.1, 0.15) is 13.8 Å². The van der Waals surface area contributed by atoms with Crippen LogP contribution in [0.25, 0.3) is 11.2 Å². The topological polar surface area (TPSA) is 92.6 Å². The molecule has 2 aromatic heterocycles. The molecular formula is C11H17N4O3. The molecule has 2 rings (SSSR count). The summed E-state index contributed by atoms with van der Waals surface area (Å²) in [6.45, 7) is 3.88. The van der Waals surface area contributed by atoms with Crippen LogP contribution < -0.4 is 11.2 Å². The zero-order chi connectivity index (χ0) is 13.9. The van der Waals surface area contributed by atoms with Crippen molar-refractivity contribution in [1.82, 2.24) is 19.1 Å². The van der Waals surface area contributed by atoms with Crippen LogP contribution in [-0.2, 0) is 19.2 Å². The molecule has 0 atom stereocenters. The molecule has 0 spiro atoms. The number of aromatic nitrogens is 4. The fraction of sp³-hybridized carbons (Fsp3) is 0.545. The number of fused-ring (bicyclic) bond motifs is 1. The number of hydrogen-bond donors (Lipinski definition) is 1. The second-order valence-corrected chi connectivity index (χ2v) is 4.37. The first-order valence-electron chi connectivity index (χ1n) is 5.57. The molecule has 7 nitrogen and oxygen atoms in total. The highest BCUT2D eigenvalue weighted by molar-refractivity contribution is 5.68. The highest BCUT2D eigenvalue weighted by Gasteiger charge is 2.08. The molecule has 0 aliphatic rings. The van der Waals surface area contributed by atoms with E-state index in [0.29, 0.717) is 17.1 Å². The van der Waals surface area contributed by atoms with Crippen molar-refractivity contribution in [1.29, 1.82) is 0 Å². The Labute approximate surface area is 104 Å². The molecule has 0 unspecified atom stereocenters. The molecule has 1 radical (unpaired) electrons. The number of aromatic amines is 1. The monoisotopic (exact) mass is 253 g/mol. The van der Waals surface area contributed by atoms with E-state index in [0.717, 1.165) is 4.57 Å². The molecule has 2 heterocycles. The van der Waals surface area contributed by atoms with E-state index >= 15 is 0 Å². The maximum Gasteiger partial charge on any atom is 0.332 e. The van der Waals surface area contributed by atoms with Gasteiger partial charge in [0.15, 0.2) is 5.65 Å². The molecular weight excluding hydrogens is 236 g/mol. The van der Waals surface area contributed by atoms with Gasteiger partial charge in [-0.3, -0.25) is 13.9 Å². The predicted octanol–water partition coefficient (Wildman–Crippen LogP) is 0.0332. The van der Waals surface area contributed by atoms with E-state index in [2.05, 4.69) is 9.97 Å². The quantitative estimate of drug-likeness (QED) is 0.777. The van der Waals surface area contributed by atoms with E-state index in [4.69, 9.17) is 0 Å². The van der Waals surface area contributed by atoms with Gasteiger partial charge in [-0.1, -0.05) is 13.8 Å². The molecule has 2 aromatic rings. The molecule has 1 N–H and O–H groups in total. The fourth-order valence-corrected chi connectivity index (χ4v) is 1.27. The molecule has 0 aromatic carbocycles. The van der Waals surface area contributed by atoms with Gasteiger partial charge in [0.2, 0.25) is 0 Å². The Kier molecular flexibility index (Phi) is 4.43. The molecule has 0 saturated carbocycles. The second-order valence-electron chi connectivity index (χ2n) is 4.37. The number of rotatable bonds is 1. The normalized spacial score (nSPS) is 10.6. The average Bonchev–Trinajstić information content (AvgIpc) is 2.83. The summed E-state index contributed by atoms with van der Waals surface area (Å²) < 4.78 is 2.37. The van der Waals surface area contributed by atoms with E-state index in [1.165, 1.54) is 17.9 Å². The highest BCUT2D eigenvalue weighted by Crippen LogP contribution is 1.97. The minimum atomic E-state index is -0.371. The number of nitrogens with one attached hydrogen (secondary N) is 1. The van der Waals surface area contributed by atoms with E-state index in [9.17, 15) is 14.7 Å². The van der Waals surface area contributed by atoms with Crippen molar-refractivity contribution >= 4 is 11.2 Å². The van der Waals surface area contributed by atoms with Crippen LogP contribution in [0.15, 0.2) is 15.9 Å². The van der Waals surface area contributed by atoms with E-state index in [1.807, 2.05) is 13.8 Å². The van der Waals surface area contributed by atoms with Crippen LogP contribution in [0, 0.1) is 5.92 Å². The van der Waals surface area contributed by atoms with Gasteiger partial charge < -0.3 is 4.98 Å². The summed E-state index contributed by atoms with van der Waals surface area (Å²) in [6.07, 6.45) is 1.39. The summed E-state index contributed by atoms with van der Waals surface area (Å²) in [6, 6.07) is 0. The van der Waals surface area contributed by atoms with Crippen molar-refractivity contribution in [2.24, 2.45) is 20.0 Å². The minimum Gasteiger partial charge on any atom is -0.339 e. The van der Waals surface area contributed by atoms with Crippen LogP contribution >= 0.6 is 0 Å². The number of hydrogen-bond acceptors (Lipinski definition) is 3. The molecule has 7 heteroatoms. The van der Waals surface area contributed by atoms with Crippen LogP contribution in [0.3, 0.4) is 0 Å². The first-order valence-corrected chi connectivity index (χ1v) is 5.57. The van der Waals surface area contributed by atoms with Gasteiger partial charge in [0.05, 0.1) is 12.9 Å². The van der Waals surface area contributed by atoms with Crippen molar-refractivity contribution in [2.45, 2.75) is 13.8 Å². The Bertz CT molecular complexity index is 636. The van der Waals surface area contributed by atoms with Gasteiger partial charge in [-0.15, -0.1) is 0 Å². The molecule has 0 aliphatic carbocycles. The number of aryl methyl sites for hydroxylation is 1. The third kappa shape index (κ3) is 2.67. The SMILES string of the molecule is CC(C)C[O].Cn1c(=O)c2[nH]cnc2n(C)c1=O. The zero-order valence-corrected chi connectivity index (χ0v) is 10.9. The Morgan fingerprint density at radius 1 is 1.28 bits per heavy atom. The number of imidazole rings is 1. The van der Waals surface area contributed by atoms with Crippen molar-refractivity contribution < 1.29 is 5.11 Å². The Hall–Kier alpha value is -1.89. The molecule has 0 amide bonds. The summed E-state index contributed by atoms with van der Waals surface area (Å²) in [5, 5.41) is 9.63. The Balaban J connectivity index is 0.000000280. The van der Waals surface area contributed by atoms with Crippen molar-refractivity contribution in [3.05, 3.63) is 27.2 Å². The zero-order valence-electron chi connectivity index (χ0n) is 10.9. The molecule has 0 aliphatic heterocycles. The summed E-state index contributed by atoms with van der Waals surface area (Å²) in [5.74, 6) is 0.329. The standard InChI is InChI=1S/C7H8N4O2.C4H9O/c1-10-5-4(8-3-9-5)6(12)11(2)7(10)13;1-4(2)3-5/h3H,1-2H3,(H,8,9);4H,3H2,1-2H3. The van der Waals surface area contributed by atoms with Crippen LogP contribution in [0.2, 0.25) is 0 Å². The molecule has 0 fully saturated rings. The lowest BCUT2D eigenvalue weighted by molar-refractivity contribution is 0.158. The molecule has 99 valence electrons. The van der Waals surface area contributed by atoms with E-state index < -0.39 is 0 Å². The molecule has 0 bridgehead atoms. The Morgan fingerprint density at radius 2 is 1.83 bits per heavy atom. The summed E-state index contributed by atoms with van der Waals surface area (Å²) in [7, 11) is 3.01. The van der Waals surface area contributed by atoms with Crippen LogP contribution in [0.4, 0.5) is 0 Å². The summed E-state index contributed by atoms with van der Waals surface area (Å²) >= 11 is 0. The third-order valence-corrected chi connectivity index (χ3v) is 2.36. The van der Waals surface area contributed by atoms with Crippen LogP contribution in [0.5, 0.6) is 0 Å². The van der Waals surface area contributed by atoms with Gasteiger partial charge in [-0.25, -0.2) is 14.9 Å². The molecule has 18 heavy (non-hydrogen) atoms. The Morgan fingerprint density at radius 3 is 2.33 bits per heavy atom. The highest BCUT2D eigenvalue weighted by atomic mass is 16.3. The van der Waals surface area contributed by atoms with Gasteiger partial charge in [-0.2, -0.15) is 0 Å². The van der Waals surface area contributed by atoms with Crippen LogP contribution in [-0.4, -0.2) is 25.7 Å². The van der Waals surface area contributed by atoms with Gasteiger partial charge in [0.1, 0.15) is 5.52 Å². The first kappa shape index (κ1) is 14.2. The maximum atomic E-state index is 11.4. The molecule has 0 saturated heterocycles. The van der Waals surface area contributed by atoms with Crippen molar-refractivity contribution in [3.8, 4) is 0 Å². The van der Waals surface area contributed by atoms with E-state index in [1.54, 1.807) is 7.05 Å². The average molecular weight is 253 g/mol. The number of H-pyrrole nitrogens is 1. The van der Waals surface area contributed by atoms with Gasteiger partial charge in [0.25, 0.3) is 5.56 Å². The van der Waals surface area contributed by atoms with Crippen molar-refractivity contribution in [3.63, 3.8) is 0 Å². The lowest BCUT2D eigenvalue weighted by Crippen LogP contribution is -2.36. The lowest BCUT2D eigenvalue weighted by atomic mass is 10.2. The van der Waals surface area contributed by atoms with E-state index in [-0.39, 0.29) is 17.9 Å². The predicted molar refractivity (Wildman–Crippen MR) is 67.0 cm³/mol. The first-order chi connectivity index (χ1) is 8.40. The fourth-order valence-electron chi connectivity index (χ4n) is 1.27. The lowest BCUT2D eigenvalue weighted by Gasteiger charge is -2.00. The summed E-state index contributed by atoms with van der Waals surface area (Å²) in [4.78, 5) is 29.4. The third-order valence-electron chi connectivity index (χ3n) is 2.36. The summed E-state index contributed by atoms with van der Waals surface area (Å²) in [5.41, 5.74) is 0.0119. The van der Waals surface area contributed by atoms with Gasteiger partial charge in [0, 0.05) is 14.1 Å². The smallest absolute Gasteiger partial charge is 0.332 e.